The molecule has 0 aromatic rings. The maximum atomic E-state index is 5.92. The van der Waals surface area contributed by atoms with Gasteiger partial charge in [-0.15, -0.1) is 0 Å². The first-order valence-electron chi connectivity index (χ1n) is 4.45. The SMILES string of the molecule is C[C@H]1[C@@H](N)CCN1C(C)(C)C. The molecular weight excluding hydrogens is 136 g/mol. The first kappa shape index (κ1) is 9.01. The smallest absolute Gasteiger partial charge is 0.0224 e. The number of rotatable bonds is 0. The van der Waals surface area contributed by atoms with Gasteiger partial charge in [0.15, 0.2) is 0 Å². The molecule has 0 radical (unpaired) electrons. The van der Waals surface area contributed by atoms with Gasteiger partial charge in [-0.2, -0.15) is 0 Å². The molecule has 1 fully saturated rings. The van der Waals surface area contributed by atoms with Gasteiger partial charge in [0, 0.05) is 24.2 Å². The standard InChI is InChI=1S/C9H20N2/c1-7-8(10)5-6-11(7)9(2,3)4/h7-8H,5-6,10H2,1-4H3/t7-,8-/m0/s1. The van der Waals surface area contributed by atoms with Crippen LogP contribution in [0.5, 0.6) is 0 Å². The third-order valence-corrected chi connectivity index (χ3v) is 2.68. The lowest BCUT2D eigenvalue weighted by atomic mass is 10.0. The third kappa shape index (κ3) is 1.74. The van der Waals surface area contributed by atoms with Crippen molar-refractivity contribution in [1.82, 2.24) is 4.90 Å². The molecular formula is C9H20N2. The van der Waals surface area contributed by atoms with Crippen LogP contribution in [0, 0.1) is 0 Å². The average Bonchev–Trinajstić information content (AvgIpc) is 2.11. The Bertz CT molecular complexity index is 137. The fraction of sp³-hybridized carbons (Fsp3) is 1.00. The van der Waals surface area contributed by atoms with Crippen molar-refractivity contribution in [2.75, 3.05) is 6.54 Å². The summed E-state index contributed by atoms with van der Waals surface area (Å²) in [5, 5.41) is 0. The minimum Gasteiger partial charge on any atom is -0.326 e. The Balaban J connectivity index is 2.62. The van der Waals surface area contributed by atoms with Gasteiger partial charge in [0.1, 0.15) is 0 Å². The van der Waals surface area contributed by atoms with Crippen LogP contribution < -0.4 is 5.73 Å². The molecule has 66 valence electrons. The van der Waals surface area contributed by atoms with Crippen LogP contribution in [0.1, 0.15) is 34.1 Å². The van der Waals surface area contributed by atoms with E-state index < -0.39 is 0 Å². The van der Waals surface area contributed by atoms with Crippen molar-refractivity contribution in [3.63, 3.8) is 0 Å². The maximum absolute atomic E-state index is 5.92. The van der Waals surface area contributed by atoms with Crippen LogP contribution in [0.3, 0.4) is 0 Å². The van der Waals surface area contributed by atoms with E-state index in [9.17, 15) is 0 Å². The molecule has 1 rings (SSSR count). The van der Waals surface area contributed by atoms with Crippen molar-refractivity contribution in [1.29, 1.82) is 0 Å². The molecule has 0 amide bonds. The molecule has 0 aromatic carbocycles. The van der Waals surface area contributed by atoms with Crippen molar-refractivity contribution >= 4 is 0 Å². The molecule has 2 atom stereocenters. The van der Waals surface area contributed by atoms with E-state index in [-0.39, 0.29) is 5.54 Å². The average molecular weight is 156 g/mol. The largest absolute Gasteiger partial charge is 0.326 e. The molecule has 0 unspecified atom stereocenters. The molecule has 0 aliphatic carbocycles. The van der Waals surface area contributed by atoms with Crippen LogP contribution in [0.25, 0.3) is 0 Å². The molecule has 2 N–H and O–H groups in total. The van der Waals surface area contributed by atoms with Gasteiger partial charge >= 0.3 is 0 Å². The second-order valence-electron chi connectivity index (χ2n) is 4.56. The highest BCUT2D eigenvalue weighted by atomic mass is 15.2. The fourth-order valence-electron chi connectivity index (χ4n) is 1.91. The predicted octanol–water partition coefficient (Wildman–Crippen LogP) is 1.21. The summed E-state index contributed by atoms with van der Waals surface area (Å²) in [6.07, 6.45) is 1.15. The zero-order valence-electron chi connectivity index (χ0n) is 8.09. The summed E-state index contributed by atoms with van der Waals surface area (Å²) in [5.74, 6) is 0. The lowest BCUT2D eigenvalue weighted by Crippen LogP contribution is -2.47. The molecule has 0 saturated carbocycles. The Hall–Kier alpha value is -0.0800. The van der Waals surface area contributed by atoms with Crippen molar-refractivity contribution in [2.45, 2.75) is 51.7 Å². The molecule has 11 heavy (non-hydrogen) atoms. The Kier molecular flexibility index (Phi) is 2.26. The first-order valence-corrected chi connectivity index (χ1v) is 4.45. The van der Waals surface area contributed by atoms with Crippen molar-refractivity contribution in [2.24, 2.45) is 5.73 Å². The van der Waals surface area contributed by atoms with Crippen LogP contribution in [0.4, 0.5) is 0 Å². The lowest BCUT2D eigenvalue weighted by molar-refractivity contribution is 0.126. The molecule has 1 heterocycles. The molecule has 1 aliphatic rings. The molecule has 0 spiro atoms. The van der Waals surface area contributed by atoms with E-state index in [1.165, 1.54) is 0 Å². The van der Waals surface area contributed by atoms with Gasteiger partial charge in [0.05, 0.1) is 0 Å². The minimum atomic E-state index is 0.285. The molecule has 0 aromatic heterocycles. The fourth-order valence-corrected chi connectivity index (χ4v) is 1.91. The number of hydrogen-bond donors (Lipinski definition) is 1. The van der Waals surface area contributed by atoms with Gasteiger partial charge in [-0.1, -0.05) is 0 Å². The van der Waals surface area contributed by atoms with E-state index in [0.29, 0.717) is 12.1 Å². The molecule has 2 nitrogen and oxygen atoms in total. The first-order chi connectivity index (χ1) is 4.93. The maximum Gasteiger partial charge on any atom is 0.0224 e. The van der Waals surface area contributed by atoms with Gasteiger partial charge in [0.2, 0.25) is 0 Å². The Morgan fingerprint density at radius 3 is 2.09 bits per heavy atom. The van der Waals surface area contributed by atoms with Crippen molar-refractivity contribution in [3.8, 4) is 0 Å². The number of nitrogens with two attached hydrogens (primary N) is 1. The quantitative estimate of drug-likeness (QED) is 0.571. The summed E-state index contributed by atoms with van der Waals surface area (Å²) < 4.78 is 0. The summed E-state index contributed by atoms with van der Waals surface area (Å²) in [6.45, 7) is 10.1. The number of likely N-dealkylation sites (tertiary alicyclic amines) is 1. The van der Waals surface area contributed by atoms with E-state index in [4.69, 9.17) is 5.73 Å². The topological polar surface area (TPSA) is 29.3 Å². The highest BCUT2D eigenvalue weighted by Gasteiger charge is 2.34. The van der Waals surface area contributed by atoms with E-state index in [1.54, 1.807) is 0 Å². The number of hydrogen-bond acceptors (Lipinski definition) is 2. The second kappa shape index (κ2) is 2.76. The highest BCUT2D eigenvalue weighted by Crippen LogP contribution is 2.24. The number of nitrogens with zero attached hydrogens (tertiary/aromatic N) is 1. The van der Waals surface area contributed by atoms with Gasteiger partial charge in [0.25, 0.3) is 0 Å². The molecule has 0 bridgehead atoms. The summed E-state index contributed by atoms with van der Waals surface area (Å²) in [4.78, 5) is 2.48. The van der Waals surface area contributed by atoms with Gasteiger partial charge < -0.3 is 5.73 Å². The summed E-state index contributed by atoms with van der Waals surface area (Å²) in [7, 11) is 0. The lowest BCUT2D eigenvalue weighted by Gasteiger charge is -2.36. The van der Waals surface area contributed by atoms with Gasteiger partial charge in [-0.25, -0.2) is 0 Å². The van der Waals surface area contributed by atoms with Crippen LogP contribution in [0.2, 0.25) is 0 Å². The van der Waals surface area contributed by atoms with Crippen LogP contribution in [-0.2, 0) is 0 Å². The van der Waals surface area contributed by atoms with Gasteiger partial charge in [-0.3, -0.25) is 4.90 Å². The highest BCUT2D eigenvalue weighted by molar-refractivity contribution is 4.92. The van der Waals surface area contributed by atoms with Crippen LogP contribution in [-0.4, -0.2) is 29.1 Å². The minimum absolute atomic E-state index is 0.285. The zero-order chi connectivity index (χ0) is 8.65. The predicted molar refractivity (Wildman–Crippen MR) is 48.5 cm³/mol. The summed E-state index contributed by atoms with van der Waals surface area (Å²) >= 11 is 0. The Morgan fingerprint density at radius 1 is 1.36 bits per heavy atom. The van der Waals surface area contributed by atoms with E-state index in [0.717, 1.165) is 13.0 Å². The summed E-state index contributed by atoms with van der Waals surface area (Å²) in [6, 6.07) is 0.934. The second-order valence-corrected chi connectivity index (χ2v) is 4.56. The Labute approximate surface area is 69.8 Å². The van der Waals surface area contributed by atoms with Crippen LogP contribution in [0.15, 0.2) is 0 Å². The summed E-state index contributed by atoms with van der Waals surface area (Å²) in [5.41, 5.74) is 6.21. The third-order valence-electron chi connectivity index (χ3n) is 2.68. The van der Waals surface area contributed by atoms with E-state index in [2.05, 4.69) is 32.6 Å². The van der Waals surface area contributed by atoms with Crippen LogP contribution >= 0.6 is 0 Å². The Morgan fingerprint density at radius 2 is 1.91 bits per heavy atom. The van der Waals surface area contributed by atoms with Gasteiger partial charge in [-0.05, 0) is 34.1 Å². The zero-order valence-corrected chi connectivity index (χ0v) is 8.09. The van der Waals surface area contributed by atoms with Crippen molar-refractivity contribution < 1.29 is 0 Å². The molecule has 1 saturated heterocycles. The normalized spacial score (nSPS) is 34.6. The van der Waals surface area contributed by atoms with E-state index in [1.807, 2.05) is 0 Å². The molecule has 2 heteroatoms. The van der Waals surface area contributed by atoms with Crippen molar-refractivity contribution in [3.05, 3.63) is 0 Å². The monoisotopic (exact) mass is 156 g/mol. The molecule has 1 aliphatic heterocycles. The van der Waals surface area contributed by atoms with E-state index >= 15 is 0 Å².